The summed E-state index contributed by atoms with van der Waals surface area (Å²) in [5.41, 5.74) is 17.2. The van der Waals surface area contributed by atoms with Gasteiger partial charge >= 0.3 is 11.9 Å². The minimum absolute atomic E-state index is 0.0317. The van der Waals surface area contributed by atoms with Crippen molar-refractivity contribution in [3.05, 3.63) is 202 Å². The van der Waals surface area contributed by atoms with Gasteiger partial charge in [-0.15, -0.1) is 0 Å². The van der Waals surface area contributed by atoms with Crippen LogP contribution in [0.2, 0.25) is 0 Å². The van der Waals surface area contributed by atoms with E-state index in [1.165, 1.54) is 22.3 Å². The summed E-state index contributed by atoms with van der Waals surface area (Å²) in [4.78, 5) is 33.6. The molecule has 0 radical (unpaired) electrons. The zero-order chi connectivity index (χ0) is 39.3. The average molecular weight is 733 g/mol. The highest BCUT2D eigenvalue weighted by atomic mass is 16.4. The first-order valence-electron chi connectivity index (χ1n) is 18.5. The number of nitrogens with one attached hydrogen (secondary N) is 1. The Balaban J connectivity index is 0.000000158. The van der Waals surface area contributed by atoms with E-state index in [1.807, 2.05) is 91.9 Å². The topological polar surface area (TPSA) is 130 Å². The Bertz CT molecular complexity index is 2200. The minimum Gasteiger partial charge on any atom is -0.481 e. The number of fused-ring (bicyclic) bond motifs is 1. The molecule has 0 fully saturated rings. The number of hydrogen-bond donors (Lipinski definition) is 4. The number of rotatable bonds is 10. The number of carboxylic acids is 2. The first-order valence-corrected chi connectivity index (χ1v) is 18.5. The Kier molecular flexibility index (Phi) is 13.7. The van der Waals surface area contributed by atoms with E-state index in [1.54, 1.807) is 19.9 Å². The van der Waals surface area contributed by atoms with Crippen LogP contribution in [-0.4, -0.2) is 28.1 Å². The van der Waals surface area contributed by atoms with Gasteiger partial charge in [0.1, 0.15) is 0 Å². The van der Waals surface area contributed by atoms with Crippen molar-refractivity contribution in [1.82, 2.24) is 0 Å². The smallest absolute Gasteiger partial charge is 0.310 e. The second-order valence-corrected chi connectivity index (χ2v) is 13.9. The van der Waals surface area contributed by atoms with Gasteiger partial charge in [0.2, 0.25) is 5.91 Å². The third-order valence-corrected chi connectivity index (χ3v) is 9.80. The molecule has 0 spiro atoms. The fraction of sp³-hybridized carbons (Fsp3) is 0.188. The number of carboxylic acid groups (broad SMARTS) is 2. The molecule has 0 saturated carbocycles. The van der Waals surface area contributed by atoms with Gasteiger partial charge in [-0.2, -0.15) is 0 Å². The van der Waals surface area contributed by atoms with Crippen molar-refractivity contribution in [1.29, 1.82) is 0 Å². The zero-order valence-electron chi connectivity index (χ0n) is 31.5. The lowest BCUT2D eigenvalue weighted by Gasteiger charge is -2.12. The number of anilines is 2. The number of carbonyl (C=O) groups excluding carboxylic acids is 1. The van der Waals surface area contributed by atoms with Crippen LogP contribution in [0, 0.1) is 0 Å². The van der Waals surface area contributed by atoms with Crippen molar-refractivity contribution in [2.75, 3.05) is 11.1 Å². The molecule has 1 aliphatic heterocycles. The highest BCUT2D eigenvalue weighted by molar-refractivity contribution is 6.02. The van der Waals surface area contributed by atoms with Gasteiger partial charge in [-0.25, -0.2) is 0 Å². The molecule has 6 aromatic rings. The Morgan fingerprint density at radius 3 is 1.55 bits per heavy atom. The van der Waals surface area contributed by atoms with Crippen LogP contribution in [0.1, 0.15) is 88.6 Å². The van der Waals surface area contributed by atoms with Gasteiger partial charge in [0, 0.05) is 11.4 Å². The summed E-state index contributed by atoms with van der Waals surface area (Å²) < 4.78 is 0. The molecule has 1 heterocycles. The summed E-state index contributed by atoms with van der Waals surface area (Å²) in [5, 5.41) is 21.0. The maximum absolute atomic E-state index is 11.6. The lowest BCUT2D eigenvalue weighted by atomic mass is 9.95. The molecule has 5 N–H and O–H groups in total. The van der Waals surface area contributed by atoms with E-state index in [2.05, 4.69) is 66.0 Å². The van der Waals surface area contributed by atoms with Crippen LogP contribution in [0.4, 0.5) is 11.4 Å². The quantitative estimate of drug-likeness (QED) is 0.104. The van der Waals surface area contributed by atoms with Gasteiger partial charge < -0.3 is 21.3 Å². The molecular weight excluding hydrogens is 685 g/mol. The minimum atomic E-state index is -0.858. The van der Waals surface area contributed by atoms with Gasteiger partial charge in [0.05, 0.1) is 17.8 Å². The van der Waals surface area contributed by atoms with Crippen LogP contribution in [-0.2, 0) is 33.6 Å². The van der Waals surface area contributed by atoms with Crippen LogP contribution >= 0.6 is 0 Å². The zero-order valence-corrected chi connectivity index (χ0v) is 31.5. The predicted molar refractivity (Wildman–Crippen MR) is 221 cm³/mol. The monoisotopic (exact) mass is 732 g/mol. The van der Waals surface area contributed by atoms with Gasteiger partial charge in [-0.3, -0.25) is 14.4 Å². The number of carbonyl (C=O) groups is 3. The molecule has 1 amide bonds. The SMILES string of the molecule is CC(C(=O)O)c1cc(Cc2ccccc2)ccc1N.CC(C(=O)O)c1cccc(Cc2ccccc2)c1.CC1C(=O)Nc2ccc(Cc3ccccc3)cc21. The van der Waals surface area contributed by atoms with Crippen LogP contribution in [0.25, 0.3) is 0 Å². The molecule has 0 bridgehead atoms. The molecule has 0 aliphatic carbocycles. The third-order valence-electron chi connectivity index (χ3n) is 9.80. The fourth-order valence-electron chi connectivity index (χ4n) is 6.43. The summed E-state index contributed by atoms with van der Waals surface area (Å²) in [6.07, 6.45) is 2.52. The van der Waals surface area contributed by atoms with Gasteiger partial charge in [0.15, 0.2) is 0 Å². The maximum atomic E-state index is 11.6. The van der Waals surface area contributed by atoms with Crippen LogP contribution in [0.15, 0.2) is 152 Å². The van der Waals surface area contributed by atoms with E-state index in [4.69, 9.17) is 15.9 Å². The van der Waals surface area contributed by atoms with Crippen molar-refractivity contribution in [2.24, 2.45) is 0 Å². The van der Waals surface area contributed by atoms with Crippen molar-refractivity contribution in [3.8, 4) is 0 Å². The summed E-state index contributed by atoms with van der Waals surface area (Å²) in [7, 11) is 0. The van der Waals surface area contributed by atoms with Gasteiger partial charge in [-0.1, -0.05) is 140 Å². The molecule has 7 heteroatoms. The standard InChI is InChI=1S/C16H17NO2.C16H15NO.C16H16O2/c1-11(16(18)19)14-10-13(7-8-15(14)17)9-12-5-3-2-4-6-12;1-11-14-10-13(7-8-15(14)17-16(11)18)9-12-5-3-2-4-6-12;1-12(16(17)18)15-9-5-8-14(11-15)10-13-6-3-2-4-7-13/h2-8,10-11H,9,17H2,1H3,(H,18,19);2-8,10-11H,9H2,1H3,(H,17,18);2-9,11-12H,10H2,1H3,(H,17,18). The normalized spacial score (nSPS) is 13.8. The highest BCUT2D eigenvalue weighted by Crippen LogP contribution is 2.33. The molecule has 0 aromatic heterocycles. The molecule has 3 unspecified atom stereocenters. The van der Waals surface area contributed by atoms with E-state index >= 15 is 0 Å². The van der Waals surface area contributed by atoms with Gasteiger partial charge in [-0.05, 0) is 102 Å². The van der Waals surface area contributed by atoms with E-state index in [9.17, 15) is 14.4 Å². The fourth-order valence-corrected chi connectivity index (χ4v) is 6.43. The summed E-state index contributed by atoms with van der Waals surface area (Å²) in [5.74, 6) is -2.62. The Labute approximate surface area is 323 Å². The molecule has 0 saturated heterocycles. The van der Waals surface area contributed by atoms with Crippen molar-refractivity contribution >= 4 is 29.2 Å². The van der Waals surface area contributed by atoms with Crippen molar-refractivity contribution < 1.29 is 24.6 Å². The van der Waals surface area contributed by atoms with Gasteiger partial charge in [0.25, 0.3) is 0 Å². The Morgan fingerprint density at radius 2 is 1.04 bits per heavy atom. The van der Waals surface area contributed by atoms with Crippen LogP contribution in [0.3, 0.4) is 0 Å². The largest absolute Gasteiger partial charge is 0.481 e. The lowest BCUT2D eigenvalue weighted by Crippen LogP contribution is -2.10. The number of hydrogen-bond acceptors (Lipinski definition) is 4. The number of nitrogens with two attached hydrogens (primary N) is 1. The molecule has 3 atom stereocenters. The number of amides is 1. The molecule has 7 nitrogen and oxygen atoms in total. The summed E-state index contributed by atoms with van der Waals surface area (Å²) in [6, 6.07) is 50.3. The molecule has 7 rings (SSSR count). The molecule has 6 aromatic carbocycles. The maximum Gasteiger partial charge on any atom is 0.310 e. The highest BCUT2D eigenvalue weighted by Gasteiger charge is 2.26. The lowest BCUT2D eigenvalue weighted by molar-refractivity contribution is -0.139. The van der Waals surface area contributed by atoms with Crippen molar-refractivity contribution in [3.63, 3.8) is 0 Å². The molecule has 55 heavy (non-hydrogen) atoms. The van der Waals surface area contributed by atoms with Crippen LogP contribution in [0.5, 0.6) is 0 Å². The predicted octanol–water partition coefficient (Wildman–Crippen LogP) is 9.85. The average Bonchev–Trinajstić information content (AvgIpc) is 3.48. The van der Waals surface area contributed by atoms with Crippen LogP contribution < -0.4 is 11.1 Å². The molecular formula is C48H48N2O5. The van der Waals surface area contributed by atoms with Crippen molar-refractivity contribution in [2.45, 2.75) is 57.8 Å². The number of benzene rings is 6. The summed E-state index contributed by atoms with van der Waals surface area (Å²) in [6.45, 7) is 5.32. The summed E-state index contributed by atoms with van der Waals surface area (Å²) >= 11 is 0. The first-order chi connectivity index (χ1) is 26.5. The molecule has 280 valence electrons. The molecule has 1 aliphatic rings. The third kappa shape index (κ3) is 11.3. The first kappa shape index (κ1) is 39.7. The van der Waals surface area contributed by atoms with E-state index in [0.29, 0.717) is 11.3 Å². The Hall–Kier alpha value is -6.47. The number of aliphatic carboxylic acids is 2. The second kappa shape index (κ2) is 19.0. The number of nitrogen functional groups attached to an aromatic ring is 1. The van der Waals surface area contributed by atoms with E-state index < -0.39 is 23.8 Å². The Morgan fingerprint density at radius 1 is 0.582 bits per heavy atom. The second-order valence-electron chi connectivity index (χ2n) is 13.9. The van der Waals surface area contributed by atoms with E-state index in [0.717, 1.165) is 47.2 Å². The van der Waals surface area contributed by atoms with E-state index in [-0.39, 0.29) is 11.8 Å².